The molecule has 6 nitrogen and oxygen atoms in total. The summed E-state index contributed by atoms with van der Waals surface area (Å²) in [6.45, 7) is -0.137. The minimum absolute atomic E-state index is 0.137. The van der Waals surface area contributed by atoms with E-state index in [-0.39, 0.29) is 12.5 Å². The van der Waals surface area contributed by atoms with Crippen molar-refractivity contribution in [3.63, 3.8) is 0 Å². The van der Waals surface area contributed by atoms with Gasteiger partial charge >= 0.3 is 0 Å². The van der Waals surface area contributed by atoms with Crippen LogP contribution in [0.4, 0.5) is 0 Å². The number of ether oxygens (including phenoxy) is 1. The maximum Gasteiger partial charge on any atom is 0.277 e. The zero-order chi connectivity index (χ0) is 17.5. The van der Waals surface area contributed by atoms with E-state index >= 15 is 0 Å². The molecule has 3 rings (SSSR count). The number of nitrogens with zero attached hydrogens (tertiary/aromatic N) is 3. The van der Waals surface area contributed by atoms with Gasteiger partial charge in [0.05, 0.1) is 18.1 Å². The predicted molar refractivity (Wildman–Crippen MR) is 96.2 cm³/mol. The largest absolute Gasteiger partial charge is 0.484 e. The van der Waals surface area contributed by atoms with Crippen LogP contribution in [0.1, 0.15) is 5.56 Å². The number of carbonyl (C=O) groups excluding carboxylic acids is 1. The molecule has 3 aromatic rings. The Morgan fingerprint density at radius 2 is 1.96 bits per heavy atom. The van der Waals surface area contributed by atoms with Gasteiger partial charge in [-0.25, -0.2) is 10.1 Å². The maximum atomic E-state index is 11.7. The van der Waals surface area contributed by atoms with Gasteiger partial charge in [0.2, 0.25) is 0 Å². The van der Waals surface area contributed by atoms with Gasteiger partial charge in [0.1, 0.15) is 5.75 Å². The molecule has 2 aromatic carbocycles. The van der Waals surface area contributed by atoms with E-state index in [1.54, 1.807) is 35.1 Å². The molecule has 1 N–H and O–H groups in total. The molecule has 25 heavy (non-hydrogen) atoms. The minimum Gasteiger partial charge on any atom is -0.484 e. The molecule has 0 radical (unpaired) electrons. The van der Waals surface area contributed by atoms with E-state index in [1.807, 2.05) is 36.5 Å². The topological polar surface area (TPSA) is 68.5 Å². The summed E-state index contributed by atoms with van der Waals surface area (Å²) in [6, 6.07) is 16.5. The molecule has 126 valence electrons. The lowest BCUT2D eigenvalue weighted by Crippen LogP contribution is -2.24. The second kappa shape index (κ2) is 8.12. The molecule has 0 saturated carbocycles. The smallest absolute Gasteiger partial charge is 0.277 e. The number of rotatable bonds is 6. The summed E-state index contributed by atoms with van der Waals surface area (Å²) in [7, 11) is 0. The maximum absolute atomic E-state index is 11.7. The summed E-state index contributed by atoms with van der Waals surface area (Å²) in [6.07, 6.45) is 4.99. The summed E-state index contributed by atoms with van der Waals surface area (Å²) in [5.41, 5.74) is 4.12. The van der Waals surface area contributed by atoms with Crippen LogP contribution in [0, 0.1) is 0 Å². The molecule has 0 aliphatic carbocycles. The highest BCUT2D eigenvalue weighted by Crippen LogP contribution is 2.15. The lowest BCUT2D eigenvalue weighted by Gasteiger charge is -2.04. The lowest BCUT2D eigenvalue weighted by molar-refractivity contribution is -0.123. The van der Waals surface area contributed by atoms with Crippen molar-refractivity contribution in [2.24, 2.45) is 5.10 Å². The SMILES string of the molecule is O=C(COc1ccc(Cl)cc1)N/N=C\c1cnn(-c2ccccc2)c1. The van der Waals surface area contributed by atoms with E-state index in [9.17, 15) is 4.79 Å². The third-order valence-electron chi connectivity index (χ3n) is 3.21. The molecule has 1 heterocycles. The van der Waals surface area contributed by atoms with Crippen LogP contribution in [-0.4, -0.2) is 28.5 Å². The van der Waals surface area contributed by atoms with E-state index in [4.69, 9.17) is 16.3 Å². The highest BCUT2D eigenvalue weighted by Gasteiger charge is 2.02. The Balaban J connectivity index is 1.48. The fourth-order valence-corrected chi connectivity index (χ4v) is 2.14. The minimum atomic E-state index is -0.360. The van der Waals surface area contributed by atoms with Gasteiger partial charge < -0.3 is 4.74 Å². The molecule has 7 heteroatoms. The van der Waals surface area contributed by atoms with Crippen LogP contribution in [0.2, 0.25) is 5.02 Å². The van der Waals surface area contributed by atoms with Gasteiger partial charge in [-0.05, 0) is 36.4 Å². The molecule has 0 aliphatic rings. The summed E-state index contributed by atoms with van der Waals surface area (Å²) in [4.78, 5) is 11.7. The molecular weight excluding hydrogens is 340 g/mol. The Morgan fingerprint density at radius 3 is 2.72 bits per heavy atom. The van der Waals surface area contributed by atoms with Crippen LogP contribution in [0.5, 0.6) is 5.75 Å². The van der Waals surface area contributed by atoms with Crippen LogP contribution in [0.15, 0.2) is 72.1 Å². The van der Waals surface area contributed by atoms with Crippen molar-refractivity contribution >= 4 is 23.7 Å². The van der Waals surface area contributed by atoms with Gasteiger partial charge in [-0.15, -0.1) is 0 Å². The second-order valence-electron chi connectivity index (χ2n) is 5.09. The van der Waals surface area contributed by atoms with Crippen molar-refractivity contribution in [1.82, 2.24) is 15.2 Å². The third kappa shape index (κ3) is 4.92. The number of amides is 1. The van der Waals surface area contributed by atoms with Gasteiger partial charge in [-0.2, -0.15) is 10.2 Å². The number of aromatic nitrogens is 2. The number of carbonyl (C=O) groups is 1. The Labute approximate surface area is 149 Å². The number of hydrogen-bond donors (Lipinski definition) is 1. The van der Waals surface area contributed by atoms with Crippen LogP contribution in [0.25, 0.3) is 5.69 Å². The molecule has 0 bridgehead atoms. The number of para-hydroxylation sites is 1. The summed E-state index contributed by atoms with van der Waals surface area (Å²) in [5.74, 6) is 0.203. The van der Waals surface area contributed by atoms with Crippen LogP contribution in [-0.2, 0) is 4.79 Å². The summed E-state index contributed by atoms with van der Waals surface area (Å²) >= 11 is 5.78. The first kappa shape index (κ1) is 16.7. The third-order valence-corrected chi connectivity index (χ3v) is 3.46. The Bertz CT molecular complexity index is 860. The van der Waals surface area contributed by atoms with Crippen LogP contribution in [0.3, 0.4) is 0 Å². The van der Waals surface area contributed by atoms with Crippen molar-refractivity contribution in [3.05, 3.63) is 77.6 Å². The van der Waals surface area contributed by atoms with Crippen LogP contribution >= 0.6 is 11.6 Å². The van der Waals surface area contributed by atoms with Gasteiger partial charge in [-0.1, -0.05) is 29.8 Å². The van der Waals surface area contributed by atoms with Crippen molar-refractivity contribution in [2.75, 3.05) is 6.61 Å². The Hall–Kier alpha value is -3.12. The van der Waals surface area contributed by atoms with E-state index in [2.05, 4.69) is 15.6 Å². The highest BCUT2D eigenvalue weighted by atomic mass is 35.5. The molecule has 1 aromatic heterocycles. The Kier molecular flexibility index (Phi) is 5.43. The van der Waals surface area contributed by atoms with Gasteiger partial charge in [0.15, 0.2) is 6.61 Å². The molecular formula is C18H15ClN4O2. The van der Waals surface area contributed by atoms with E-state index in [0.29, 0.717) is 10.8 Å². The van der Waals surface area contributed by atoms with E-state index in [0.717, 1.165) is 11.3 Å². The van der Waals surface area contributed by atoms with E-state index in [1.165, 1.54) is 6.21 Å². The van der Waals surface area contributed by atoms with Gasteiger partial charge in [0, 0.05) is 16.8 Å². The monoisotopic (exact) mass is 354 g/mol. The molecule has 0 unspecified atom stereocenters. The van der Waals surface area contributed by atoms with Crippen molar-refractivity contribution < 1.29 is 9.53 Å². The van der Waals surface area contributed by atoms with Gasteiger partial charge in [0.25, 0.3) is 5.91 Å². The molecule has 1 amide bonds. The number of nitrogens with one attached hydrogen (secondary N) is 1. The summed E-state index contributed by atoms with van der Waals surface area (Å²) in [5, 5.41) is 8.75. The van der Waals surface area contributed by atoms with Crippen LogP contribution < -0.4 is 10.2 Å². The number of benzene rings is 2. The van der Waals surface area contributed by atoms with Crippen molar-refractivity contribution in [2.45, 2.75) is 0 Å². The first-order valence-electron chi connectivity index (χ1n) is 7.51. The average Bonchev–Trinajstić information content (AvgIpc) is 3.11. The van der Waals surface area contributed by atoms with Crippen molar-refractivity contribution in [3.8, 4) is 11.4 Å². The number of hydrogen-bond acceptors (Lipinski definition) is 4. The zero-order valence-electron chi connectivity index (χ0n) is 13.2. The molecule has 0 atom stereocenters. The normalized spacial score (nSPS) is 10.8. The quantitative estimate of drug-likeness (QED) is 0.546. The number of halogens is 1. The van der Waals surface area contributed by atoms with Crippen molar-refractivity contribution in [1.29, 1.82) is 0 Å². The first-order valence-corrected chi connectivity index (χ1v) is 7.89. The molecule has 0 saturated heterocycles. The zero-order valence-corrected chi connectivity index (χ0v) is 13.9. The van der Waals surface area contributed by atoms with Gasteiger partial charge in [-0.3, -0.25) is 4.79 Å². The first-order chi connectivity index (χ1) is 12.2. The number of hydrazone groups is 1. The second-order valence-corrected chi connectivity index (χ2v) is 5.53. The standard InChI is InChI=1S/C18H15ClN4O2/c19-15-6-8-17(9-7-15)25-13-18(24)22-20-10-14-11-21-23(12-14)16-4-2-1-3-5-16/h1-12H,13H2,(H,22,24)/b20-10-. The predicted octanol–water partition coefficient (Wildman–Crippen LogP) is 3.05. The highest BCUT2D eigenvalue weighted by molar-refractivity contribution is 6.30. The lowest BCUT2D eigenvalue weighted by atomic mass is 10.3. The molecule has 0 aliphatic heterocycles. The fourth-order valence-electron chi connectivity index (χ4n) is 2.02. The molecule has 0 spiro atoms. The Morgan fingerprint density at radius 1 is 1.20 bits per heavy atom. The van der Waals surface area contributed by atoms with E-state index < -0.39 is 0 Å². The summed E-state index contributed by atoms with van der Waals surface area (Å²) < 4.78 is 7.06. The average molecular weight is 355 g/mol. The fraction of sp³-hybridized carbons (Fsp3) is 0.0556. The molecule has 0 fully saturated rings.